The molecule has 1 aromatic rings. The minimum Gasteiger partial charge on any atom is -0.308 e. The Bertz CT molecular complexity index is 367. The molecule has 3 nitrogen and oxygen atoms in total. The molecule has 4 heteroatoms. The van der Waals surface area contributed by atoms with Crippen LogP contribution in [-0.2, 0) is 13.1 Å². The highest BCUT2D eigenvalue weighted by Crippen LogP contribution is 2.22. The molecule has 2 rings (SSSR count). The Morgan fingerprint density at radius 2 is 2.06 bits per heavy atom. The Hall–Kier alpha value is -0.540. The van der Waals surface area contributed by atoms with Crippen LogP contribution in [0.25, 0.3) is 0 Å². The number of aryl methyl sites for hydroxylation is 2. The normalized spacial score (nSPS) is 17.6. The van der Waals surface area contributed by atoms with Crippen molar-refractivity contribution in [2.24, 2.45) is 0 Å². The van der Waals surface area contributed by atoms with Gasteiger partial charge in [-0.3, -0.25) is 4.68 Å². The molecule has 1 aliphatic carbocycles. The second kappa shape index (κ2) is 5.87. The molecular formula is C13H22ClN3. The van der Waals surface area contributed by atoms with E-state index in [0.717, 1.165) is 29.5 Å². The van der Waals surface area contributed by atoms with Crippen LogP contribution in [0.1, 0.15) is 50.4 Å². The van der Waals surface area contributed by atoms with Gasteiger partial charge in [0, 0.05) is 19.1 Å². The molecule has 1 aliphatic rings. The zero-order chi connectivity index (χ0) is 12.3. The topological polar surface area (TPSA) is 29.9 Å². The molecule has 0 amide bonds. The summed E-state index contributed by atoms with van der Waals surface area (Å²) in [4.78, 5) is 0. The molecule has 17 heavy (non-hydrogen) atoms. The molecule has 0 bridgehead atoms. The van der Waals surface area contributed by atoms with Gasteiger partial charge in [-0.15, -0.1) is 0 Å². The second-order valence-electron chi connectivity index (χ2n) is 4.88. The van der Waals surface area contributed by atoms with Crippen LogP contribution in [-0.4, -0.2) is 15.8 Å². The summed E-state index contributed by atoms with van der Waals surface area (Å²) in [6.45, 7) is 5.80. The lowest BCUT2D eigenvalue weighted by molar-refractivity contribution is 0.367. The molecule has 1 saturated carbocycles. The summed E-state index contributed by atoms with van der Waals surface area (Å²) in [6, 6.07) is 0.667. The number of nitrogens with zero attached hydrogens (tertiary/aromatic N) is 2. The number of aromatic nitrogens is 2. The third-order valence-corrected chi connectivity index (χ3v) is 4.11. The van der Waals surface area contributed by atoms with Gasteiger partial charge in [0.1, 0.15) is 0 Å². The van der Waals surface area contributed by atoms with Gasteiger partial charge in [0.15, 0.2) is 0 Å². The van der Waals surface area contributed by atoms with Crippen LogP contribution in [0.5, 0.6) is 0 Å². The van der Waals surface area contributed by atoms with Crippen LogP contribution in [0.2, 0.25) is 5.02 Å². The van der Waals surface area contributed by atoms with E-state index in [2.05, 4.69) is 17.3 Å². The van der Waals surface area contributed by atoms with E-state index in [1.807, 2.05) is 11.6 Å². The van der Waals surface area contributed by atoms with E-state index in [4.69, 9.17) is 11.6 Å². The zero-order valence-electron chi connectivity index (χ0n) is 10.8. The van der Waals surface area contributed by atoms with Gasteiger partial charge in [-0.1, -0.05) is 30.9 Å². The summed E-state index contributed by atoms with van der Waals surface area (Å²) >= 11 is 6.29. The molecule has 0 unspecified atom stereocenters. The molecule has 0 aromatic carbocycles. The first kappa shape index (κ1) is 12.9. The van der Waals surface area contributed by atoms with E-state index >= 15 is 0 Å². The SMILES string of the molecule is CCn1nc(C)c(Cl)c1CNC1CCCCC1. The van der Waals surface area contributed by atoms with Crippen LogP contribution >= 0.6 is 11.6 Å². The lowest BCUT2D eigenvalue weighted by Gasteiger charge is -2.23. The Morgan fingerprint density at radius 1 is 1.35 bits per heavy atom. The predicted octanol–water partition coefficient (Wildman–Crippen LogP) is 3.29. The van der Waals surface area contributed by atoms with E-state index in [0.29, 0.717) is 6.04 Å². The van der Waals surface area contributed by atoms with Gasteiger partial charge in [-0.25, -0.2) is 0 Å². The maximum Gasteiger partial charge on any atom is 0.0860 e. The van der Waals surface area contributed by atoms with Crippen molar-refractivity contribution in [3.63, 3.8) is 0 Å². The average Bonchev–Trinajstić information content (AvgIpc) is 2.64. The molecule has 1 aromatic heterocycles. The molecular weight excluding hydrogens is 234 g/mol. The van der Waals surface area contributed by atoms with Crippen molar-refractivity contribution in [2.45, 2.75) is 65.1 Å². The van der Waals surface area contributed by atoms with E-state index < -0.39 is 0 Å². The van der Waals surface area contributed by atoms with Gasteiger partial charge < -0.3 is 5.32 Å². The lowest BCUT2D eigenvalue weighted by Crippen LogP contribution is -2.31. The summed E-state index contributed by atoms with van der Waals surface area (Å²) in [6.07, 6.45) is 6.72. The zero-order valence-corrected chi connectivity index (χ0v) is 11.6. The van der Waals surface area contributed by atoms with Crippen molar-refractivity contribution in [3.8, 4) is 0 Å². The Balaban J connectivity index is 1.97. The summed E-state index contributed by atoms with van der Waals surface area (Å²) in [5.74, 6) is 0. The van der Waals surface area contributed by atoms with Crippen molar-refractivity contribution in [2.75, 3.05) is 0 Å². The van der Waals surface area contributed by atoms with E-state index in [9.17, 15) is 0 Å². The molecule has 0 radical (unpaired) electrons. The first-order valence-corrected chi connectivity index (χ1v) is 7.05. The standard InChI is InChI=1S/C13H22ClN3/c1-3-17-12(13(14)10(2)16-17)9-15-11-7-5-4-6-8-11/h11,15H,3-9H2,1-2H3. The smallest absolute Gasteiger partial charge is 0.0860 e. The van der Waals surface area contributed by atoms with Crippen molar-refractivity contribution in [3.05, 3.63) is 16.4 Å². The van der Waals surface area contributed by atoms with Gasteiger partial charge in [0.2, 0.25) is 0 Å². The van der Waals surface area contributed by atoms with Gasteiger partial charge in [-0.05, 0) is 26.7 Å². The molecule has 0 aliphatic heterocycles. The van der Waals surface area contributed by atoms with Crippen LogP contribution in [0.3, 0.4) is 0 Å². The monoisotopic (exact) mass is 255 g/mol. The summed E-state index contributed by atoms with van der Waals surface area (Å²) in [7, 11) is 0. The third-order valence-electron chi connectivity index (χ3n) is 3.62. The molecule has 0 saturated heterocycles. The highest BCUT2D eigenvalue weighted by Gasteiger charge is 2.16. The quantitative estimate of drug-likeness (QED) is 0.895. The summed E-state index contributed by atoms with van der Waals surface area (Å²) in [5.41, 5.74) is 2.08. The molecule has 1 heterocycles. The second-order valence-corrected chi connectivity index (χ2v) is 5.26. The summed E-state index contributed by atoms with van der Waals surface area (Å²) < 4.78 is 2.01. The predicted molar refractivity (Wildman–Crippen MR) is 71.4 cm³/mol. The maximum absolute atomic E-state index is 6.29. The van der Waals surface area contributed by atoms with Crippen LogP contribution in [0, 0.1) is 6.92 Å². The van der Waals surface area contributed by atoms with Crippen molar-refractivity contribution in [1.82, 2.24) is 15.1 Å². The average molecular weight is 256 g/mol. The van der Waals surface area contributed by atoms with Gasteiger partial charge in [-0.2, -0.15) is 5.10 Å². The molecule has 0 atom stereocenters. The van der Waals surface area contributed by atoms with Gasteiger partial charge >= 0.3 is 0 Å². The van der Waals surface area contributed by atoms with Crippen molar-refractivity contribution < 1.29 is 0 Å². The minimum atomic E-state index is 0.667. The van der Waals surface area contributed by atoms with Crippen LogP contribution in [0.15, 0.2) is 0 Å². The Kier molecular flexibility index (Phi) is 4.46. The fraction of sp³-hybridized carbons (Fsp3) is 0.769. The Morgan fingerprint density at radius 3 is 2.71 bits per heavy atom. The van der Waals surface area contributed by atoms with E-state index in [1.165, 1.54) is 32.1 Å². The number of hydrogen-bond acceptors (Lipinski definition) is 2. The van der Waals surface area contributed by atoms with Crippen molar-refractivity contribution in [1.29, 1.82) is 0 Å². The number of halogens is 1. The first-order valence-electron chi connectivity index (χ1n) is 6.67. The Labute approximate surface area is 109 Å². The molecule has 0 spiro atoms. The summed E-state index contributed by atoms with van der Waals surface area (Å²) in [5, 5.41) is 8.89. The fourth-order valence-corrected chi connectivity index (χ4v) is 2.79. The highest BCUT2D eigenvalue weighted by atomic mass is 35.5. The van der Waals surface area contributed by atoms with Gasteiger partial charge in [0.05, 0.1) is 16.4 Å². The van der Waals surface area contributed by atoms with E-state index in [1.54, 1.807) is 0 Å². The number of hydrogen-bond donors (Lipinski definition) is 1. The van der Waals surface area contributed by atoms with Gasteiger partial charge in [0.25, 0.3) is 0 Å². The van der Waals surface area contributed by atoms with Crippen LogP contribution in [0.4, 0.5) is 0 Å². The lowest BCUT2D eigenvalue weighted by atomic mass is 9.95. The number of nitrogens with one attached hydrogen (secondary N) is 1. The molecule has 96 valence electrons. The first-order chi connectivity index (χ1) is 8.22. The molecule has 1 N–H and O–H groups in total. The number of rotatable bonds is 4. The fourth-order valence-electron chi connectivity index (χ4n) is 2.59. The highest BCUT2D eigenvalue weighted by molar-refractivity contribution is 6.31. The molecule has 1 fully saturated rings. The van der Waals surface area contributed by atoms with E-state index in [-0.39, 0.29) is 0 Å². The minimum absolute atomic E-state index is 0.667. The maximum atomic E-state index is 6.29. The third kappa shape index (κ3) is 3.02. The largest absolute Gasteiger partial charge is 0.308 e. The van der Waals surface area contributed by atoms with Crippen molar-refractivity contribution >= 4 is 11.6 Å². The van der Waals surface area contributed by atoms with Crippen LogP contribution < -0.4 is 5.32 Å².